The summed E-state index contributed by atoms with van der Waals surface area (Å²) in [6, 6.07) is 22.4. The van der Waals surface area contributed by atoms with Crippen molar-refractivity contribution < 1.29 is 14.3 Å². The molecule has 1 saturated heterocycles. The predicted molar refractivity (Wildman–Crippen MR) is 181 cm³/mol. The Morgan fingerprint density at radius 1 is 0.864 bits per heavy atom. The third kappa shape index (κ3) is 6.98. The molecule has 2 aliphatic rings. The monoisotopic (exact) mass is 637 g/mol. The lowest BCUT2D eigenvalue weighted by atomic mass is 10.1. The number of halogens is 2. The second-order valence-electron chi connectivity index (χ2n) is 11.1. The van der Waals surface area contributed by atoms with Gasteiger partial charge in [0.1, 0.15) is 24.7 Å². The van der Waals surface area contributed by atoms with E-state index < -0.39 is 0 Å². The van der Waals surface area contributed by atoms with Crippen molar-refractivity contribution in [1.82, 2.24) is 19.8 Å². The van der Waals surface area contributed by atoms with Gasteiger partial charge in [-0.2, -0.15) is 0 Å². The minimum atomic E-state index is -0.152. The molecule has 10 heteroatoms. The molecular formula is C34H41Cl2N5O3. The second kappa shape index (κ2) is 14.8. The van der Waals surface area contributed by atoms with Crippen LogP contribution in [0.5, 0.6) is 11.5 Å². The first kappa shape index (κ1) is 33.2. The number of aryl methyl sites for hydroxylation is 1. The number of anilines is 1. The van der Waals surface area contributed by atoms with Gasteiger partial charge in [0.05, 0.1) is 11.4 Å². The third-order valence-electron chi connectivity index (χ3n) is 8.36. The topological polar surface area (TPSA) is 71.9 Å². The Hall–Kier alpha value is -3.72. The second-order valence-corrected chi connectivity index (χ2v) is 11.1. The molecule has 2 aliphatic heterocycles. The van der Waals surface area contributed by atoms with Crippen LogP contribution in [0.3, 0.4) is 0 Å². The molecule has 3 heterocycles. The number of nitrogens with zero attached hydrogens (tertiary/aromatic N) is 4. The highest BCUT2D eigenvalue weighted by Gasteiger charge is 2.23. The number of carbonyl (C=O) groups is 1. The first-order valence-electron chi connectivity index (χ1n) is 14.9. The number of hydrogen-bond acceptors (Lipinski definition) is 6. The van der Waals surface area contributed by atoms with E-state index in [9.17, 15) is 4.79 Å². The van der Waals surface area contributed by atoms with Gasteiger partial charge in [-0.25, -0.2) is 4.98 Å². The lowest BCUT2D eigenvalue weighted by Crippen LogP contribution is -2.47. The Balaban J connectivity index is 0.00000221. The summed E-state index contributed by atoms with van der Waals surface area (Å²) in [6.45, 7) is 13.1. The maximum Gasteiger partial charge on any atom is 0.271 e. The van der Waals surface area contributed by atoms with Crippen molar-refractivity contribution in [2.24, 2.45) is 0 Å². The van der Waals surface area contributed by atoms with Gasteiger partial charge >= 0.3 is 0 Å². The molecule has 4 aromatic rings. The van der Waals surface area contributed by atoms with Crippen LogP contribution >= 0.6 is 24.8 Å². The van der Waals surface area contributed by atoms with Crippen molar-refractivity contribution in [3.05, 3.63) is 89.2 Å². The van der Waals surface area contributed by atoms with Gasteiger partial charge in [-0.3, -0.25) is 14.3 Å². The molecular weight excluding hydrogens is 597 g/mol. The standard InChI is InChI=1S/C34H39N5O3.2ClH/c1-24-9-7-12-29(25(24)2)38-19-17-37(18-20-38)16-8-15-35-34(40)32-26(3)39(33(36-32)27-10-5-4-6-11-27)28-13-14-30-31(23-28)42-22-21-41-30;;/h4-7,9-14,23H,8,15-22H2,1-3H3,(H,35,40);2*1H. The van der Waals surface area contributed by atoms with Crippen LogP contribution in [0.25, 0.3) is 17.1 Å². The van der Waals surface area contributed by atoms with Gasteiger partial charge in [0.15, 0.2) is 11.5 Å². The molecule has 6 rings (SSSR count). The van der Waals surface area contributed by atoms with E-state index >= 15 is 0 Å². The maximum absolute atomic E-state index is 13.4. The zero-order valence-corrected chi connectivity index (χ0v) is 27.2. The summed E-state index contributed by atoms with van der Waals surface area (Å²) in [5.41, 5.74) is 7.10. The average molecular weight is 639 g/mol. The first-order valence-corrected chi connectivity index (χ1v) is 14.9. The SMILES string of the molecule is Cc1cccc(N2CCN(CCCNC(=O)c3nc(-c4ccccc4)n(-c4ccc5c(c4)OCCO5)c3C)CC2)c1C.Cl.Cl. The summed E-state index contributed by atoms with van der Waals surface area (Å²) in [4.78, 5) is 23.2. The first-order chi connectivity index (χ1) is 20.5. The van der Waals surface area contributed by atoms with E-state index in [1.165, 1.54) is 16.8 Å². The van der Waals surface area contributed by atoms with Gasteiger partial charge in [0.2, 0.25) is 0 Å². The molecule has 0 spiro atoms. The van der Waals surface area contributed by atoms with Crippen molar-refractivity contribution in [3.63, 3.8) is 0 Å². The van der Waals surface area contributed by atoms with Crippen molar-refractivity contribution in [1.29, 1.82) is 0 Å². The summed E-state index contributed by atoms with van der Waals surface area (Å²) in [6.07, 6.45) is 0.892. The fourth-order valence-corrected chi connectivity index (χ4v) is 5.86. The maximum atomic E-state index is 13.4. The molecule has 0 atom stereocenters. The summed E-state index contributed by atoms with van der Waals surface area (Å²) in [5, 5.41) is 3.12. The summed E-state index contributed by atoms with van der Waals surface area (Å²) in [7, 11) is 0. The summed E-state index contributed by atoms with van der Waals surface area (Å²) >= 11 is 0. The fraction of sp³-hybridized carbons (Fsp3) is 0.353. The van der Waals surface area contributed by atoms with Crippen LogP contribution in [0.2, 0.25) is 0 Å². The van der Waals surface area contributed by atoms with E-state index in [1.807, 2.05) is 60.0 Å². The minimum absolute atomic E-state index is 0. The Kier molecular flexibility index (Phi) is 11.2. The Bertz CT molecular complexity index is 1570. The molecule has 0 radical (unpaired) electrons. The van der Waals surface area contributed by atoms with E-state index in [0.29, 0.717) is 31.2 Å². The molecule has 0 aliphatic carbocycles. The number of rotatable bonds is 8. The van der Waals surface area contributed by atoms with Gasteiger partial charge in [-0.05, 0) is 63.1 Å². The number of hydrogen-bond donors (Lipinski definition) is 1. The third-order valence-corrected chi connectivity index (χ3v) is 8.36. The van der Waals surface area contributed by atoms with Gasteiger partial charge in [0, 0.05) is 50.0 Å². The smallest absolute Gasteiger partial charge is 0.271 e. The molecule has 234 valence electrons. The Labute approximate surface area is 272 Å². The highest BCUT2D eigenvalue weighted by atomic mass is 35.5. The van der Waals surface area contributed by atoms with Crippen molar-refractivity contribution in [2.45, 2.75) is 27.2 Å². The van der Waals surface area contributed by atoms with E-state index in [2.05, 4.69) is 47.2 Å². The number of nitrogens with one attached hydrogen (secondary N) is 1. The van der Waals surface area contributed by atoms with Crippen LogP contribution in [-0.4, -0.2) is 72.8 Å². The van der Waals surface area contributed by atoms with Crippen molar-refractivity contribution in [3.8, 4) is 28.6 Å². The van der Waals surface area contributed by atoms with E-state index in [1.54, 1.807) is 0 Å². The van der Waals surface area contributed by atoms with Crippen LogP contribution in [-0.2, 0) is 0 Å². The molecule has 3 aromatic carbocycles. The summed E-state index contributed by atoms with van der Waals surface area (Å²) < 4.78 is 13.6. The predicted octanol–water partition coefficient (Wildman–Crippen LogP) is 6.02. The molecule has 44 heavy (non-hydrogen) atoms. The van der Waals surface area contributed by atoms with Crippen LogP contribution < -0.4 is 19.7 Å². The molecule has 0 bridgehead atoms. The highest BCUT2D eigenvalue weighted by molar-refractivity contribution is 5.94. The van der Waals surface area contributed by atoms with Gasteiger partial charge in [0.25, 0.3) is 5.91 Å². The Morgan fingerprint density at radius 2 is 1.59 bits per heavy atom. The van der Waals surface area contributed by atoms with Gasteiger partial charge in [-0.1, -0.05) is 42.5 Å². The molecule has 0 unspecified atom stereocenters. The number of benzene rings is 3. The van der Waals surface area contributed by atoms with E-state index in [-0.39, 0.29) is 30.7 Å². The van der Waals surface area contributed by atoms with Crippen molar-refractivity contribution >= 4 is 36.4 Å². The van der Waals surface area contributed by atoms with Crippen molar-refractivity contribution in [2.75, 3.05) is 57.4 Å². The van der Waals surface area contributed by atoms with Gasteiger partial charge in [-0.15, -0.1) is 24.8 Å². The van der Waals surface area contributed by atoms with E-state index in [0.717, 1.165) is 67.7 Å². The van der Waals surface area contributed by atoms with Gasteiger partial charge < -0.3 is 19.7 Å². The van der Waals surface area contributed by atoms with E-state index in [4.69, 9.17) is 14.5 Å². The number of piperazine rings is 1. The normalized spacial score (nSPS) is 14.4. The lowest BCUT2D eigenvalue weighted by molar-refractivity contribution is 0.0946. The molecule has 1 N–H and O–H groups in total. The Morgan fingerprint density at radius 3 is 2.34 bits per heavy atom. The molecule has 1 fully saturated rings. The van der Waals surface area contributed by atoms with Crippen LogP contribution in [0.1, 0.15) is 33.7 Å². The number of ether oxygens (including phenoxy) is 2. The number of fused-ring (bicyclic) bond motifs is 1. The summed E-state index contributed by atoms with van der Waals surface area (Å²) in [5.74, 6) is 2.00. The molecule has 0 saturated carbocycles. The quantitative estimate of drug-likeness (QED) is 0.238. The van der Waals surface area contributed by atoms with Crippen LogP contribution in [0.4, 0.5) is 5.69 Å². The zero-order chi connectivity index (χ0) is 29.1. The highest BCUT2D eigenvalue weighted by Crippen LogP contribution is 2.35. The fourth-order valence-electron chi connectivity index (χ4n) is 5.86. The average Bonchev–Trinajstić information content (AvgIpc) is 3.38. The number of carbonyl (C=O) groups excluding carboxylic acids is 1. The lowest BCUT2D eigenvalue weighted by Gasteiger charge is -2.37. The minimum Gasteiger partial charge on any atom is -0.486 e. The largest absolute Gasteiger partial charge is 0.486 e. The number of imidazole rings is 1. The number of aromatic nitrogens is 2. The van der Waals surface area contributed by atoms with Crippen LogP contribution in [0, 0.1) is 20.8 Å². The molecule has 8 nitrogen and oxygen atoms in total. The number of amides is 1. The molecule has 1 amide bonds. The van der Waals surface area contributed by atoms with Crippen LogP contribution in [0.15, 0.2) is 66.7 Å². The molecule has 1 aromatic heterocycles. The zero-order valence-electron chi connectivity index (χ0n) is 25.5.